The summed E-state index contributed by atoms with van der Waals surface area (Å²) in [6.07, 6.45) is 0. The number of rotatable bonds is 5. The molecule has 0 aliphatic carbocycles. The van der Waals surface area contributed by atoms with Crippen LogP contribution in [0.1, 0.15) is 21.6 Å². The number of carbonyl (C=O) groups is 1. The SMILES string of the molecule is COc1ccc(CNC(=O)c2c(C)nc3ccccc3c2-c2ccccc2)cc1. The minimum absolute atomic E-state index is 0.129. The maximum absolute atomic E-state index is 13.2. The van der Waals surface area contributed by atoms with E-state index in [1.165, 1.54) is 0 Å². The second-order valence-corrected chi connectivity index (χ2v) is 6.86. The van der Waals surface area contributed by atoms with Gasteiger partial charge in [-0.25, -0.2) is 0 Å². The predicted molar refractivity (Wildman–Crippen MR) is 116 cm³/mol. The summed E-state index contributed by atoms with van der Waals surface area (Å²) in [6, 6.07) is 25.6. The van der Waals surface area contributed by atoms with Gasteiger partial charge in [-0.05, 0) is 36.2 Å². The van der Waals surface area contributed by atoms with Crippen molar-refractivity contribution in [3.05, 3.63) is 95.7 Å². The molecule has 0 aliphatic heterocycles. The number of nitrogens with zero attached hydrogens (tertiary/aromatic N) is 1. The lowest BCUT2D eigenvalue weighted by Gasteiger charge is -2.16. The number of aromatic nitrogens is 1. The molecule has 4 rings (SSSR count). The zero-order valence-electron chi connectivity index (χ0n) is 16.5. The lowest BCUT2D eigenvalue weighted by atomic mass is 9.94. The van der Waals surface area contributed by atoms with Gasteiger partial charge < -0.3 is 10.1 Å². The summed E-state index contributed by atoms with van der Waals surface area (Å²) in [5, 5.41) is 4.02. The van der Waals surface area contributed by atoms with Crippen LogP contribution >= 0.6 is 0 Å². The molecule has 1 aromatic heterocycles. The molecule has 144 valence electrons. The summed E-state index contributed by atoms with van der Waals surface area (Å²) in [4.78, 5) is 17.9. The molecule has 3 aromatic carbocycles. The molecule has 4 aromatic rings. The van der Waals surface area contributed by atoms with Crippen LogP contribution in [0, 0.1) is 6.92 Å². The van der Waals surface area contributed by atoms with Crippen molar-refractivity contribution < 1.29 is 9.53 Å². The first-order valence-corrected chi connectivity index (χ1v) is 9.53. The Balaban J connectivity index is 1.74. The monoisotopic (exact) mass is 382 g/mol. The van der Waals surface area contributed by atoms with Crippen LogP contribution in [0.3, 0.4) is 0 Å². The quantitative estimate of drug-likeness (QED) is 0.519. The number of fused-ring (bicyclic) bond motifs is 1. The number of para-hydroxylation sites is 1. The van der Waals surface area contributed by atoms with Crippen LogP contribution in [-0.2, 0) is 6.54 Å². The summed E-state index contributed by atoms with van der Waals surface area (Å²) >= 11 is 0. The van der Waals surface area contributed by atoms with E-state index < -0.39 is 0 Å². The van der Waals surface area contributed by atoms with E-state index in [4.69, 9.17) is 4.74 Å². The molecular formula is C25H22N2O2. The highest BCUT2D eigenvalue weighted by atomic mass is 16.5. The van der Waals surface area contributed by atoms with Gasteiger partial charge in [0.15, 0.2) is 0 Å². The fourth-order valence-corrected chi connectivity index (χ4v) is 3.53. The third-order valence-corrected chi connectivity index (χ3v) is 4.97. The molecule has 0 fully saturated rings. The number of hydrogen-bond acceptors (Lipinski definition) is 3. The van der Waals surface area contributed by atoms with Crippen molar-refractivity contribution in [2.45, 2.75) is 13.5 Å². The lowest BCUT2D eigenvalue weighted by molar-refractivity contribution is 0.0950. The number of ether oxygens (including phenoxy) is 1. The van der Waals surface area contributed by atoms with Crippen molar-refractivity contribution in [1.29, 1.82) is 0 Å². The topological polar surface area (TPSA) is 51.2 Å². The third kappa shape index (κ3) is 3.83. The van der Waals surface area contributed by atoms with Gasteiger partial charge in [-0.3, -0.25) is 9.78 Å². The van der Waals surface area contributed by atoms with Crippen LogP contribution < -0.4 is 10.1 Å². The number of methoxy groups -OCH3 is 1. The molecule has 0 bridgehead atoms. The number of benzene rings is 3. The number of pyridine rings is 1. The molecule has 0 spiro atoms. The van der Waals surface area contributed by atoms with Crippen LogP contribution in [0.15, 0.2) is 78.9 Å². The summed E-state index contributed by atoms with van der Waals surface area (Å²) < 4.78 is 5.19. The minimum Gasteiger partial charge on any atom is -0.497 e. The third-order valence-electron chi connectivity index (χ3n) is 4.97. The first-order chi connectivity index (χ1) is 14.2. The first-order valence-electron chi connectivity index (χ1n) is 9.53. The summed E-state index contributed by atoms with van der Waals surface area (Å²) in [6.45, 7) is 2.32. The molecule has 0 atom stereocenters. The van der Waals surface area contributed by atoms with Crippen molar-refractivity contribution in [3.8, 4) is 16.9 Å². The lowest BCUT2D eigenvalue weighted by Crippen LogP contribution is -2.25. The molecule has 0 saturated carbocycles. The van der Waals surface area contributed by atoms with E-state index in [1.54, 1.807) is 7.11 Å². The molecule has 4 nitrogen and oxygen atoms in total. The Morgan fingerprint density at radius 1 is 0.931 bits per heavy atom. The number of carbonyl (C=O) groups excluding carboxylic acids is 1. The highest BCUT2D eigenvalue weighted by molar-refractivity contribution is 6.09. The minimum atomic E-state index is -0.129. The highest BCUT2D eigenvalue weighted by Crippen LogP contribution is 2.33. The average Bonchev–Trinajstić information content (AvgIpc) is 2.77. The van der Waals surface area contributed by atoms with E-state index in [2.05, 4.69) is 10.3 Å². The molecule has 29 heavy (non-hydrogen) atoms. The van der Waals surface area contributed by atoms with Gasteiger partial charge >= 0.3 is 0 Å². The largest absolute Gasteiger partial charge is 0.497 e. The molecule has 1 heterocycles. The Morgan fingerprint density at radius 2 is 1.62 bits per heavy atom. The van der Waals surface area contributed by atoms with Crippen LogP contribution in [0.4, 0.5) is 0 Å². The molecule has 0 radical (unpaired) electrons. The fourth-order valence-electron chi connectivity index (χ4n) is 3.53. The summed E-state index contributed by atoms with van der Waals surface area (Å²) in [7, 11) is 1.64. The molecule has 1 amide bonds. The molecule has 1 N–H and O–H groups in total. The van der Waals surface area contributed by atoms with Gasteiger partial charge in [0.1, 0.15) is 5.75 Å². The van der Waals surface area contributed by atoms with Gasteiger partial charge in [-0.2, -0.15) is 0 Å². The van der Waals surface area contributed by atoms with E-state index in [0.29, 0.717) is 12.1 Å². The summed E-state index contributed by atoms with van der Waals surface area (Å²) in [5.41, 5.74) is 5.14. The van der Waals surface area contributed by atoms with Gasteiger partial charge in [0.05, 0.1) is 23.9 Å². The zero-order valence-corrected chi connectivity index (χ0v) is 16.5. The van der Waals surface area contributed by atoms with Crippen LogP contribution in [-0.4, -0.2) is 18.0 Å². The van der Waals surface area contributed by atoms with Gasteiger partial charge in [-0.15, -0.1) is 0 Å². The van der Waals surface area contributed by atoms with Gasteiger partial charge in [-0.1, -0.05) is 60.7 Å². The van der Waals surface area contributed by atoms with Crippen LogP contribution in [0.5, 0.6) is 5.75 Å². The van der Waals surface area contributed by atoms with Gasteiger partial charge in [0, 0.05) is 17.5 Å². The average molecular weight is 382 g/mol. The maximum Gasteiger partial charge on any atom is 0.254 e. The predicted octanol–water partition coefficient (Wildman–Crippen LogP) is 5.15. The van der Waals surface area contributed by atoms with Crippen molar-refractivity contribution in [2.75, 3.05) is 7.11 Å². The first kappa shape index (κ1) is 18.7. The number of hydrogen-bond donors (Lipinski definition) is 1. The molecule has 4 heteroatoms. The van der Waals surface area contributed by atoms with E-state index in [-0.39, 0.29) is 5.91 Å². The second kappa shape index (κ2) is 8.15. The maximum atomic E-state index is 13.2. The smallest absolute Gasteiger partial charge is 0.254 e. The Labute approximate surface area is 170 Å². The van der Waals surface area contributed by atoms with Gasteiger partial charge in [0.2, 0.25) is 0 Å². The number of amides is 1. The zero-order chi connectivity index (χ0) is 20.2. The number of nitrogens with one attached hydrogen (secondary N) is 1. The molecule has 0 saturated heterocycles. The van der Waals surface area contributed by atoms with Crippen LogP contribution in [0.2, 0.25) is 0 Å². The normalized spacial score (nSPS) is 10.7. The van der Waals surface area contributed by atoms with E-state index in [9.17, 15) is 4.79 Å². The molecular weight excluding hydrogens is 360 g/mol. The van der Waals surface area contributed by atoms with E-state index >= 15 is 0 Å². The summed E-state index contributed by atoms with van der Waals surface area (Å²) in [5.74, 6) is 0.663. The standard InChI is InChI=1S/C25H22N2O2/c1-17-23(25(28)26-16-18-12-14-20(29-2)15-13-18)24(19-8-4-3-5-9-19)21-10-6-7-11-22(21)27-17/h3-15H,16H2,1-2H3,(H,26,28). The van der Waals surface area contributed by atoms with E-state index in [0.717, 1.165) is 39.0 Å². The van der Waals surface area contributed by atoms with E-state index in [1.807, 2.05) is 85.8 Å². The van der Waals surface area contributed by atoms with Crippen molar-refractivity contribution in [3.63, 3.8) is 0 Å². The Kier molecular flexibility index (Phi) is 5.25. The number of aryl methyl sites for hydroxylation is 1. The van der Waals surface area contributed by atoms with Crippen molar-refractivity contribution in [2.24, 2.45) is 0 Å². The second-order valence-electron chi connectivity index (χ2n) is 6.86. The van der Waals surface area contributed by atoms with Crippen molar-refractivity contribution in [1.82, 2.24) is 10.3 Å². The van der Waals surface area contributed by atoms with Crippen molar-refractivity contribution >= 4 is 16.8 Å². The fraction of sp³-hybridized carbons (Fsp3) is 0.120. The molecule has 0 aliphatic rings. The Bertz CT molecular complexity index is 1150. The highest BCUT2D eigenvalue weighted by Gasteiger charge is 2.20. The Hall–Kier alpha value is -3.66. The molecule has 0 unspecified atom stereocenters. The van der Waals surface area contributed by atoms with Gasteiger partial charge in [0.25, 0.3) is 5.91 Å². The van der Waals surface area contributed by atoms with Crippen LogP contribution in [0.25, 0.3) is 22.0 Å². The Morgan fingerprint density at radius 3 is 2.34 bits per heavy atom.